The Labute approximate surface area is 135 Å². The summed E-state index contributed by atoms with van der Waals surface area (Å²) in [6.07, 6.45) is 1.18. The van der Waals surface area contributed by atoms with Crippen LogP contribution >= 0.6 is 0 Å². The molecule has 1 saturated heterocycles. The van der Waals surface area contributed by atoms with Gasteiger partial charge in [-0.25, -0.2) is 4.68 Å². The van der Waals surface area contributed by atoms with E-state index in [1.807, 2.05) is 0 Å². The number of ether oxygens (including phenoxy) is 1. The van der Waals surface area contributed by atoms with Crippen LogP contribution in [0.15, 0.2) is 16.9 Å². The Bertz CT molecular complexity index is 632. The quantitative estimate of drug-likeness (QED) is 0.770. The van der Waals surface area contributed by atoms with Crippen molar-refractivity contribution in [2.45, 2.75) is 39.7 Å². The lowest BCUT2D eigenvalue weighted by Crippen LogP contribution is -2.45. The summed E-state index contributed by atoms with van der Waals surface area (Å²) in [5, 5.41) is 4.14. The molecule has 1 fully saturated rings. The largest absolute Gasteiger partial charge is 0.466 e. The van der Waals surface area contributed by atoms with Crippen LogP contribution in [0.2, 0.25) is 0 Å². The number of likely N-dealkylation sites (tertiary alicyclic amines) is 1. The minimum Gasteiger partial charge on any atom is -0.466 e. The number of aromatic nitrogens is 2. The summed E-state index contributed by atoms with van der Waals surface area (Å²) in [6, 6.07) is 2.39. The third-order valence-corrected chi connectivity index (χ3v) is 4.11. The van der Waals surface area contributed by atoms with Crippen molar-refractivity contribution < 1.29 is 14.3 Å². The monoisotopic (exact) mass is 321 g/mol. The first-order valence-corrected chi connectivity index (χ1v) is 7.96. The maximum atomic E-state index is 12.6. The first kappa shape index (κ1) is 17.2. The van der Waals surface area contributed by atoms with E-state index < -0.39 is 6.04 Å². The smallest absolute Gasteiger partial charge is 0.309 e. The molecule has 0 aromatic carbocycles. The summed E-state index contributed by atoms with van der Waals surface area (Å²) < 4.78 is 6.24. The van der Waals surface area contributed by atoms with Crippen molar-refractivity contribution in [3.63, 3.8) is 0 Å². The number of carbonyl (C=O) groups excluding carboxylic acids is 2. The van der Waals surface area contributed by atoms with Gasteiger partial charge in [0.05, 0.1) is 18.2 Å². The number of nitrogens with zero attached hydrogens (tertiary/aromatic N) is 3. The standard InChI is InChI=1S/C16H23N3O4/c1-4-23-16(22)13-7-9-18(10-8-13)15(21)12(3)19-14(20)6-5-11(2)17-19/h5-6,12-13H,4,7-10H2,1-3H3. The van der Waals surface area contributed by atoms with E-state index in [4.69, 9.17) is 4.74 Å². The summed E-state index contributed by atoms with van der Waals surface area (Å²) >= 11 is 0. The summed E-state index contributed by atoms with van der Waals surface area (Å²) in [5.74, 6) is -0.481. The van der Waals surface area contributed by atoms with Crippen molar-refractivity contribution in [3.05, 3.63) is 28.2 Å². The lowest BCUT2D eigenvalue weighted by Gasteiger charge is -2.32. The van der Waals surface area contributed by atoms with E-state index >= 15 is 0 Å². The Kier molecular flexibility index (Phi) is 5.52. The Morgan fingerprint density at radius 3 is 2.61 bits per heavy atom. The third kappa shape index (κ3) is 3.97. The number of esters is 1. The fourth-order valence-electron chi connectivity index (χ4n) is 2.76. The second-order valence-electron chi connectivity index (χ2n) is 5.79. The van der Waals surface area contributed by atoms with Crippen LogP contribution in [0.1, 0.15) is 38.4 Å². The molecule has 0 aliphatic carbocycles. The number of carbonyl (C=O) groups is 2. The molecule has 23 heavy (non-hydrogen) atoms. The summed E-state index contributed by atoms with van der Waals surface area (Å²) in [4.78, 5) is 37.9. The molecule has 0 bridgehead atoms. The van der Waals surface area contributed by atoms with Gasteiger partial charge in [-0.3, -0.25) is 14.4 Å². The fourth-order valence-corrected chi connectivity index (χ4v) is 2.76. The van der Waals surface area contributed by atoms with Crippen molar-refractivity contribution in [1.29, 1.82) is 0 Å². The minimum absolute atomic E-state index is 0.144. The van der Waals surface area contributed by atoms with E-state index in [0.29, 0.717) is 38.2 Å². The molecule has 7 nitrogen and oxygen atoms in total. The first-order valence-electron chi connectivity index (χ1n) is 7.96. The Morgan fingerprint density at radius 2 is 2.00 bits per heavy atom. The fraction of sp³-hybridized carbons (Fsp3) is 0.625. The van der Waals surface area contributed by atoms with E-state index in [0.717, 1.165) is 0 Å². The van der Waals surface area contributed by atoms with Gasteiger partial charge in [0.2, 0.25) is 5.91 Å². The first-order chi connectivity index (χ1) is 10.9. The van der Waals surface area contributed by atoms with Gasteiger partial charge >= 0.3 is 5.97 Å². The average molecular weight is 321 g/mol. The molecule has 0 N–H and O–H groups in total. The number of hydrogen-bond donors (Lipinski definition) is 0. The molecule has 126 valence electrons. The van der Waals surface area contributed by atoms with Crippen molar-refractivity contribution in [1.82, 2.24) is 14.7 Å². The molecule has 0 radical (unpaired) electrons. The van der Waals surface area contributed by atoms with Crippen LogP contribution in [-0.4, -0.2) is 46.3 Å². The molecule has 1 amide bonds. The van der Waals surface area contributed by atoms with Crippen LogP contribution in [0.25, 0.3) is 0 Å². The van der Waals surface area contributed by atoms with Gasteiger partial charge in [-0.2, -0.15) is 5.10 Å². The maximum absolute atomic E-state index is 12.6. The number of amides is 1. The van der Waals surface area contributed by atoms with E-state index in [-0.39, 0.29) is 23.4 Å². The molecule has 1 aliphatic heterocycles. The molecule has 1 aliphatic rings. The molecule has 0 spiro atoms. The molecule has 7 heteroatoms. The molecule has 1 aromatic rings. The second kappa shape index (κ2) is 7.39. The maximum Gasteiger partial charge on any atom is 0.309 e. The second-order valence-corrected chi connectivity index (χ2v) is 5.79. The molecular formula is C16H23N3O4. The zero-order valence-corrected chi connectivity index (χ0v) is 13.8. The predicted molar refractivity (Wildman–Crippen MR) is 83.9 cm³/mol. The minimum atomic E-state index is -0.651. The Balaban J connectivity index is 2.00. The highest BCUT2D eigenvalue weighted by atomic mass is 16.5. The molecular weight excluding hydrogens is 298 g/mol. The van der Waals surface area contributed by atoms with Crippen molar-refractivity contribution >= 4 is 11.9 Å². The highest BCUT2D eigenvalue weighted by molar-refractivity contribution is 5.80. The molecule has 2 rings (SSSR count). The number of rotatable bonds is 4. The van der Waals surface area contributed by atoms with Crippen LogP contribution in [0, 0.1) is 12.8 Å². The van der Waals surface area contributed by atoms with E-state index in [2.05, 4.69) is 5.10 Å². The highest BCUT2D eigenvalue weighted by Crippen LogP contribution is 2.20. The predicted octanol–water partition coefficient (Wildman–Crippen LogP) is 0.914. The summed E-state index contributed by atoms with van der Waals surface area (Å²) in [6.45, 7) is 6.59. The van der Waals surface area contributed by atoms with Gasteiger partial charge in [-0.05, 0) is 39.7 Å². The molecule has 0 saturated carbocycles. The zero-order chi connectivity index (χ0) is 17.0. The lowest BCUT2D eigenvalue weighted by molar-refractivity contribution is -0.151. The topological polar surface area (TPSA) is 81.5 Å². The van der Waals surface area contributed by atoms with Crippen molar-refractivity contribution in [2.75, 3.05) is 19.7 Å². The van der Waals surface area contributed by atoms with Gasteiger partial charge in [0.25, 0.3) is 5.56 Å². The zero-order valence-electron chi connectivity index (χ0n) is 13.8. The number of piperidine rings is 1. The van der Waals surface area contributed by atoms with E-state index in [9.17, 15) is 14.4 Å². The van der Waals surface area contributed by atoms with E-state index in [1.54, 1.807) is 31.7 Å². The van der Waals surface area contributed by atoms with Gasteiger partial charge in [-0.1, -0.05) is 0 Å². The van der Waals surface area contributed by atoms with Crippen molar-refractivity contribution in [3.8, 4) is 0 Å². The number of aryl methyl sites for hydroxylation is 1. The number of hydrogen-bond acceptors (Lipinski definition) is 5. The molecule has 1 unspecified atom stereocenters. The lowest BCUT2D eigenvalue weighted by atomic mass is 9.96. The van der Waals surface area contributed by atoms with Gasteiger partial charge in [0.1, 0.15) is 6.04 Å². The average Bonchev–Trinajstić information content (AvgIpc) is 2.56. The van der Waals surface area contributed by atoms with Gasteiger partial charge in [0, 0.05) is 19.2 Å². The third-order valence-electron chi connectivity index (χ3n) is 4.11. The van der Waals surface area contributed by atoms with Crippen LogP contribution < -0.4 is 5.56 Å². The van der Waals surface area contributed by atoms with Crippen LogP contribution in [-0.2, 0) is 14.3 Å². The van der Waals surface area contributed by atoms with Crippen LogP contribution in [0.4, 0.5) is 0 Å². The molecule has 1 aromatic heterocycles. The van der Waals surface area contributed by atoms with Crippen molar-refractivity contribution in [2.24, 2.45) is 5.92 Å². The van der Waals surface area contributed by atoms with E-state index in [1.165, 1.54) is 10.7 Å². The summed E-state index contributed by atoms with van der Waals surface area (Å²) in [7, 11) is 0. The molecule has 1 atom stereocenters. The highest BCUT2D eigenvalue weighted by Gasteiger charge is 2.31. The Hall–Kier alpha value is -2.18. The van der Waals surface area contributed by atoms with Gasteiger partial charge < -0.3 is 9.64 Å². The van der Waals surface area contributed by atoms with Crippen LogP contribution in [0.5, 0.6) is 0 Å². The normalized spacial score (nSPS) is 16.9. The van der Waals surface area contributed by atoms with Gasteiger partial charge in [0.15, 0.2) is 0 Å². The molecule has 2 heterocycles. The van der Waals surface area contributed by atoms with Gasteiger partial charge in [-0.15, -0.1) is 0 Å². The summed E-state index contributed by atoms with van der Waals surface area (Å²) in [5.41, 5.74) is 0.392. The SMILES string of the molecule is CCOC(=O)C1CCN(C(=O)C(C)n2nc(C)ccc2=O)CC1. The van der Waals surface area contributed by atoms with Crippen LogP contribution in [0.3, 0.4) is 0 Å². The Morgan fingerprint density at radius 1 is 1.35 bits per heavy atom.